The summed E-state index contributed by atoms with van der Waals surface area (Å²) in [6.07, 6.45) is 0. The number of halogens is 1. The highest BCUT2D eigenvalue weighted by atomic mass is 35.5. The maximum atomic E-state index is 12.4. The lowest BCUT2D eigenvalue weighted by Gasteiger charge is -2.11. The summed E-state index contributed by atoms with van der Waals surface area (Å²) in [6, 6.07) is 9.27. The molecular formula is C17H17ClN6O8S3. The molecule has 35 heavy (non-hydrogen) atoms. The molecule has 0 saturated carbocycles. The van der Waals surface area contributed by atoms with E-state index in [0.29, 0.717) is 0 Å². The van der Waals surface area contributed by atoms with E-state index >= 15 is 0 Å². The van der Waals surface area contributed by atoms with Crippen LogP contribution in [0.3, 0.4) is 0 Å². The first-order valence-corrected chi connectivity index (χ1v) is 13.7. The summed E-state index contributed by atoms with van der Waals surface area (Å²) in [7, 11) is -8.31. The third-order valence-electron chi connectivity index (χ3n) is 4.14. The van der Waals surface area contributed by atoms with Crippen LogP contribution in [0.5, 0.6) is 0 Å². The van der Waals surface area contributed by atoms with Crippen LogP contribution in [-0.2, 0) is 35.5 Å². The van der Waals surface area contributed by atoms with E-state index in [1.165, 1.54) is 36.4 Å². The van der Waals surface area contributed by atoms with Gasteiger partial charge in [0.2, 0.25) is 17.2 Å². The second kappa shape index (κ2) is 10.8. The number of anilines is 5. The molecule has 0 aliphatic heterocycles. The smallest absolute Gasteiger partial charge is 0.301 e. The van der Waals surface area contributed by atoms with Crippen LogP contribution >= 0.6 is 11.6 Å². The SMILES string of the molecule is Nc1cc(Nc2nc(Cl)nc(Nc3cccc(S(=O)(=O)CCOS(=O)O)c3)n2)ccc1S(=O)(=O)O. The van der Waals surface area contributed by atoms with Gasteiger partial charge in [0, 0.05) is 11.4 Å². The zero-order valence-corrected chi connectivity index (χ0v) is 20.5. The summed E-state index contributed by atoms with van der Waals surface area (Å²) in [5, 5.41) is 5.33. The number of rotatable bonds is 10. The number of aromatic nitrogens is 3. The first-order chi connectivity index (χ1) is 16.3. The molecule has 0 bridgehead atoms. The average Bonchev–Trinajstić information content (AvgIpc) is 2.72. The minimum Gasteiger partial charge on any atom is -0.398 e. The second-order valence-corrected chi connectivity index (χ2v) is 11.1. The van der Waals surface area contributed by atoms with Crippen molar-refractivity contribution in [1.29, 1.82) is 0 Å². The number of nitrogens with zero attached hydrogens (tertiary/aromatic N) is 3. The zero-order chi connectivity index (χ0) is 25.8. The van der Waals surface area contributed by atoms with Crippen LogP contribution in [0.15, 0.2) is 52.3 Å². The molecule has 0 aliphatic carbocycles. The van der Waals surface area contributed by atoms with Crippen LogP contribution in [-0.4, -0.2) is 57.5 Å². The molecule has 1 heterocycles. The minimum atomic E-state index is -4.49. The molecule has 0 radical (unpaired) electrons. The molecule has 14 nitrogen and oxygen atoms in total. The molecule has 0 fully saturated rings. The van der Waals surface area contributed by atoms with Gasteiger partial charge >= 0.3 is 11.4 Å². The topological polar surface area (TPSA) is 224 Å². The fraction of sp³-hybridized carbons (Fsp3) is 0.118. The molecule has 3 aromatic rings. The standard InChI is InChI=1S/C17H17ClN6O8S3/c18-15-22-16(20-10-2-1-3-12(8-10)34(27,28)7-6-32-33(25)26)24-17(23-15)21-11-4-5-14(13(19)9-11)35(29,30)31/h1-5,8-9H,6-7,19H2,(H,25,26)(H,29,30,31)(H2,20,21,22,23,24). The Hall–Kier alpha value is -2.93. The van der Waals surface area contributed by atoms with Crippen molar-refractivity contribution in [2.75, 3.05) is 28.7 Å². The molecule has 2 aromatic carbocycles. The first-order valence-electron chi connectivity index (χ1n) is 9.23. The van der Waals surface area contributed by atoms with Crippen molar-refractivity contribution in [3.05, 3.63) is 47.7 Å². The Balaban J connectivity index is 1.79. The zero-order valence-electron chi connectivity index (χ0n) is 17.3. The fourth-order valence-corrected chi connectivity index (χ4v) is 4.90. The van der Waals surface area contributed by atoms with Crippen LogP contribution in [0, 0.1) is 0 Å². The third kappa shape index (κ3) is 7.52. The molecule has 0 amide bonds. The Morgan fingerprint density at radius 3 is 2.20 bits per heavy atom. The van der Waals surface area contributed by atoms with E-state index in [1.54, 1.807) is 0 Å². The normalized spacial score (nSPS) is 12.8. The van der Waals surface area contributed by atoms with Crippen molar-refractivity contribution in [2.45, 2.75) is 9.79 Å². The van der Waals surface area contributed by atoms with Gasteiger partial charge in [0.15, 0.2) is 9.84 Å². The summed E-state index contributed by atoms with van der Waals surface area (Å²) in [5.41, 5.74) is 6.01. The lowest BCUT2D eigenvalue weighted by molar-refractivity contribution is 0.326. The van der Waals surface area contributed by atoms with Crippen molar-refractivity contribution in [3.63, 3.8) is 0 Å². The highest BCUT2D eigenvalue weighted by Gasteiger charge is 2.17. The van der Waals surface area contributed by atoms with Crippen LogP contribution in [0.25, 0.3) is 0 Å². The van der Waals surface area contributed by atoms with Crippen molar-refractivity contribution >= 4 is 71.9 Å². The summed E-state index contributed by atoms with van der Waals surface area (Å²) < 4.78 is 80.0. The number of nitrogen functional groups attached to an aromatic ring is 1. The predicted octanol–water partition coefficient (Wildman–Crippen LogP) is 1.77. The fourth-order valence-electron chi connectivity index (χ4n) is 2.68. The minimum absolute atomic E-state index is 0.0514. The van der Waals surface area contributed by atoms with Crippen LogP contribution in [0.4, 0.5) is 29.0 Å². The molecular weight excluding hydrogens is 548 g/mol. The van der Waals surface area contributed by atoms with Gasteiger partial charge in [0.25, 0.3) is 10.1 Å². The second-order valence-electron chi connectivity index (χ2n) is 6.62. The number of nitrogens with one attached hydrogen (secondary N) is 2. The van der Waals surface area contributed by atoms with Gasteiger partial charge < -0.3 is 16.4 Å². The molecule has 3 rings (SSSR count). The number of benzene rings is 2. The van der Waals surface area contributed by atoms with E-state index in [2.05, 4.69) is 29.8 Å². The third-order valence-corrected chi connectivity index (χ3v) is 7.28. The van der Waals surface area contributed by atoms with E-state index in [9.17, 15) is 21.0 Å². The van der Waals surface area contributed by atoms with E-state index in [-0.39, 0.29) is 39.1 Å². The highest BCUT2D eigenvalue weighted by Crippen LogP contribution is 2.25. The number of hydrogen-bond acceptors (Lipinski definition) is 12. The summed E-state index contributed by atoms with van der Waals surface area (Å²) >= 11 is 3.37. The van der Waals surface area contributed by atoms with E-state index < -0.39 is 48.6 Å². The molecule has 188 valence electrons. The van der Waals surface area contributed by atoms with Gasteiger partial charge in [-0.15, -0.1) is 0 Å². The maximum Gasteiger partial charge on any atom is 0.301 e. The average molecular weight is 565 g/mol. The van der Waals surface area contributed by atoms with Crippen molar-refractivity contribution in [2.24, 2.45) is 0 Å². The van der Waals surface area contributed by atoms with Crippen molar-refractivity contribution in [1.82, 2.24) is 15.0 Å². The Bertz CT molecular complexity index is 1490. The van der Waals surface area contributed by atoms with E-state index in [1.807, 2.05) is 0 Å². The summed E-state index contributed by atoms with van der Waals surface area (Å²) in [4.78, 5) is 11.4. The molecule has 1 aromatic heterocycles. The molecule has 18 heteroatoms. The van der Waals surface area contributed by atoms with Gasteiger partial charge in [-0.1, -0.05) is 6.07 Å². The van der Waals surface area contributed by atoms with Crippen molar-refractivity contribution < 1.29 is 34.3 Å². The quantitative estimate of drug-likeness (QED) is 0.134. The Labute approximate surface area is 207 Å². The Morgan fingerprint density at radius 1 is 1.00 bits per heavy atom. The molecule has 1 atom stereocenters. The summed E-state index contributed by atoms with van der Waals surface area (Å²) in [5.74, 6) is -0.624. The predicted molar refractivity (Wildman–Crippen MR) is 127 cm³/mol. The van der Waals surface area contributed by atoms with Crippen LogP contribution < -0.4 is 16.4 Å². The van der Waals surface area contributed by atoms with Gasteiger partial charge in [-0.25, -0.2) is 8.42 Å². The molecule has 0 spiro atoms. The van der Waals surface area contributed by atoms with E-state index in [0.717, 1.165) is 6.07 Å². The lowest BCUT2D eigenvalue weighted by atomic mass is 10.3. The van der Waals surface area contributed by atoms with Gasteiger partial charge in [-0.2, -0.15) is 27.6 Å². The monoisotopic (exact) mass is 564 g/mol. The first kappa shape index (κ1) is 26.7. The number of nitrogens with two attached hydrogens (primary N) is 1. The van der Waals surface area contributed by atoms with Gasteiger partial charge in [-0.05, 0) is 48.0 Å². The van der Waals surface area contributed by atoms with Crippen molar-refractivity contribution in [3.8, 4) is 0 Å². The lowest BCUT2D eigenvalue weighted by Crippen LogP contribution is -2.13. The Morgan fingerprint density at radius 2 is 1.63 bits per heavy atom. The van der Waals surface area contributed by atoms with Gasteiger partial charge in [-0.3, -0.25) is 13.3 Å². The molecule has 0 saturated heterocycles. The molecule has 0 aliphatic rings. The van der Waals surface area contributed by atoms with Crippen LogP contribution in [0.2, 0.25) is 5.28 Å². The Kier molecular flexibility index (Phi) is 8.21. The molecule has 1 unspecified atom stereocenters. The number of sulfone groups is 1. The highest BCUT2D eigenvalue weighted by molar-refractivity contribution is 7.91. The largest absolute Gasteiger partial charge is 0.398 e. The van der Waals surface area contributed by atoms with Gasteiger partial charge in [0.1, 0.15) is 4.90 Å². The number of hydrogen-bond donors (Lipinski definition) is 5. The van der Waals surface area contributed by atoms with Crippen LogP contribution in [0.1, 0.15) is 0 Å². The van der Waals surface area contributed by atoms with Gasteiger partial charge in [0.05, 0.1) is 22.9 Å². The maximum absolute atomic E-state index is 12.4. The molecule has 6 N–H and O–H groups in total. The summed E-state index contributed by atoms with van der Waals surface area (Å²) in [6.45, 7) is -0.475. The van der Waals surface area contributed by atoms with E-state index in [4.69, 9.17) is 26.4 Å².